The third kappa shape index (κ3) is 33.2. The molecule has 0 unspecified atom stereocenters. The number of unbranched alkanes of at least 4 members (excludes halogenated alkanes) is 11. The van der Waals surface area contributed by atoms with Gasteiger partial charge in [0.05, 0.1) is 32.0 Å². The number of rotatable bonds is 21. The second-order valence-corrected chi connectivity index (χ2v) is 11.3. The minimum atomic E-state index is -1.34. The summed E-state index contributed by atoms with van der Waals surface area (Å²) < 4.78 is 5.35. The zero-order chi connectivity index (χ0) is 39.6. The molecule has 7 nitrogen and oxygen atoms in total. The number of ether oxygens (including phenoxy) is 1. The van der Waals surface area contributed by atoms with Crippen molar-refractivity contribution in [3.8, 4) is 142 Å². The number of carbonyl (C=O) groups is 1. The van der Waals surface area contributed by atoms with E-state index in [-0.39, 0.29) is 47.5 Å². The van der Waals surface area contributed by atoms with Crippen LogP contribution < -0.4 is 5.32 Å². The number of hydrogen-bond donors (Lipinski definition) is 5. The van der Waals surface area contributed by atoms with E-state index < -0.39 is 36.9 Å². The monoisotopic (exact) mass is 770 g/mol. The Morgan fingerprint density at radius 1 is 0.556 bits per heavy atom. The Balaban J connectivity index is -0.0000000509. The Labute approximate surface area is 359 Å². The summed E-state index contributed by atoms with van der Waals surface area (Å²) in [5.41, 5.74) is 0. The van der Waals surface area contributed by atoms with Crippen LogP contribution in [0.25, 0.3) is 0 Å². The molecule has 0 saturated carbocycles. The molecule has 7 heteroatoms. The fourth-order valence-electron chi connectivity index (χ4n) is 4.22. The van der Waals surface area contributed by atoms with E-state index >= 15 is 0 Å². The summed E-state index contributed by atoms with van der Waals surface area (Å²) in [6.45, 7) is 2.97. The van der Waals surface area contributed by atoms with Crippen molar-refractivity contribution in [1.82, 2.24) is 5.32 Å². The van der Waals surface area contributed by atoms with E-state index in [1.807, 2.05) is 0 Å². The van der Waals surface area contributed by atoms with Gasteiger partial charge in [-0.2, -0.15) is 0 Å². The third-order valence-electron chi connectivity index (χ3n) is 6.91. The molecule has 0 aromatic heterocycles. The van der Waals surface area contributed by atoms with E-state index in [2.05, 4.69) is 154 Å². The zero-order valence-electron chi connectivity index (χ0n) is 31.2. The Bertz CT molecular complexity index is 1990. The van der Waals surface area contributed by atoms with Gasteiger partial charge < -0.3 is 30.5 Å². The summed E-state index contributed by atoms with van der Waals surface area (Å²) in [6, 6.07) is -1.01. The average molecular weight is 770 g/mol. The van der Waals surface area contributed by atoms with Gasteiger partial charge in [-0.05, 0) is 108 Å². The van der Waals surface area contributed by atoms with Crippen LogP contribution in [0, 0.1) is 142 Å². The summed E-state index contributed by atoms with van der Waals surface area (Å²) in [7, 11) is 0. The lowest BCUT2D eigenvalue weighted by molar-refractivity contribution is -0.119. The van der Waals surface area contributed by atoms with E-state index in [0.717, 1.165) is 25.7 Å². The lowest BCUT2D eigenvalue weighted by Gasteiger charge is -2.27. The molecule has 0 heterocycles. The van der Waals surface area contributed by atoms with Gasteiger partial charge in [0.15, 0.2) is 0 Å². The molecule has 0 aromatic rings. The second-order valence-electron chi connectivity index (χ2n) is 11.3. The van der Waals surface area contributed by atoms with Crippen LogP contribution in [0.3, 0.4) is 0 Å². The topological polar surface area (TPSA) is 119 Å². The molecule has 54 heavy (non-hydrogen) atoms. The SMILES string of the molecule is CC#CC#CC#CC#CC#CC#CC#CC#CC#CC#CC#CC#CC(=O)N[C@@H](COC[C@@H](O)CO)[C@H](O)[C@H](O)CCCCCCCCCCCCCC.[HH].[HH].[HH].[HH].[HH].[HH].[HH].[HH].[HH].[HH].[HH].[HH].[HH].[HH].[HH].[HH].[HH].[HH].[HH].[HH].[HH].[HH].[HH].[HH]. The Kier molecular flexibility index (Phi) is 34.0. The smallest absolute Gasteiger partial charge is 0.297 e. The molecular weight excluding hydrogens is 675 g/mol. The largest absolute Gasteiger partial charge is 0.394 e. The van der Waals surface area contributed by atoms with Crippen molar-refractivity contribution in [3.63, 3.8) is 0 Å². The second kappa shape index (κ2) is 38.2. The Morgan fingerprint density at radius 2 is 0.926 bits per heavy atom. The highest BCUT2D eigenvalue weighted by atomic mass is 16.5. The van der Waals surface area contributed by atoms with E-state index in [1.165, 1.54) is 51.4 Å². The van der Waals surface area contributed by atoms with Crippen LogP contribution >= 0.6 is 0 Å². The molecule has 1 amide bonds. The van der Waals surface area contributed by atoms with Gasteiger partial charge in [-0.25, -0.2) is 0 Å². The standard InChI is InChI=1S/C47H47NO6.24H2/c1-3-5-7-9-11-13-15-17-18-19-20-21-22-23-24-25-26-27-29-31-33-35-37-39-46(52)48-44(42-54-41-43(50)40-49)47(53)45(51)38-36-34-32-30-28-16-14-12-10-8-6-4-2;;;;;;;;;;;;;;;;;;;;;;;;/h43-45,47,49-51,53H,4,6,8,10,12,14,16,28,30,32,34,36,38,40-42H2,1-2H3,(H,48,52);24*1H/t43-,44-,45+,47-;;;;;;;;;;;;;;;;;;;;;;;;/m0......................../s1. The molecule has 0 aliphatic carbocycles. The van der Waals surface area contributed by atoms with Crippen LogP contribution in [-0.2, 0) is 9.53 Å². The van der Waals surface area contributed by atoms with E-state index in [4.69, 9.17) is 9.84 Å². The van der Waals surface area contributed by atoms with E-state index in [0.29, 0.717) is 6.42 Å². The molecule has 5 N–H and O–H groups in total. The third-order valence-corrected chi connectivity index (χ3v) is 6.91. The van der Waals surface area contributed by atoms with Crippen molar-refractivity contribution in [1.29, 1.82) is 0 Å². The first-order chi connectivity index (χ1) is 26.5. The summed E-state index contributed by atoms with van der Waals surface area (Å²) in [4.78, 5) is 12.4. The summed E-state index contributed by atoms with van der Waals surface area (Å²) in [5.74, 6) is 58.8. The van der Waals surface area contributed by atoms with E-state index in [9.17, 15) is 20.1 Å². The average Bonchev–Trinajstić information content (AvgIpc) is 3.17. The molecule has 0 saturated heterocycles. The minimum Gasteiger partial charge on any atom is -0.394 e. The molecule has 324 valence electrons. The molecule has 0 aliphatic heterocycles. The number of aliphatic hydroxyl groups excluding tert-OH is 4. The quantitative estimate of drug-likeness (QED) is 0.0590. The molecule has 0 fully saturated rings. The van der Waals surface area contributed by atoms with Gasteiger partial charge in [-0.15, -0.1) is 0 Å². The van der Waals surface area contributed by atoms with Crippen LogP contribution in [0.1, 0.15) is 132 Å². The Hall–Kier alpha value is -6.01. The number of aliphatic hydroxyl groups is 4. The minimum absolute atomic E-state index is 0. The lowest BCUT2D eigenvalue weighted by atomic mass is 9.99. The van der Waals surface area contributed by atoms with Crippen LogP contribution in [0.5, 0.6) is 0 Å². The maximum atomic E-state index is 12.4. The van der Waals surface area contributed by atoms with Gasteiger partial charge >= 0.3 is 0 Å². The van der Waals surface area contributed by atoms with Crippen LogP contribution in [0.4, 0.5) is 0 Å². The predicted molar refractivity (Wildman–Crippen MR) is 263 cm³/mol. The highest BCUT2D eigenvalue weighted by Crippen LogP contribution is 2.15. The Morgan fingerprint density at radius 3 is 1.31 bits per heavy atom. The summed E-state index contributed by atoms with van der Waals surface area (Å²) in [5, 5.41) is 42.5. The molecule has 0 rings (SSSR count). The fourth-order valence-corrected chi connectivity index (χ4v) is 4.22. The molecule has 0 radical (unpaired) electrons. The van der Waals surface area contributed by atoms with Gasteiger partial charge in [0.1, 0.15) is 12.2 Å². The van der Waals surface area contributed by atoms with Crippen LogP contribution in [0.2, 0.25) is 0 Å². The highest BCUT2D eigenvalue weighted by molar-refractivity contribution is 5.94. The van der Waals surface area contributed by atoms with Crippen molar-refractivity contribution in [2.45, 2.75) is 122 Å². The molecule has 0 aliphatic rings. The number of nitrogens with one attached hydrogen (secondary N) is 1. The van der Waals surface area contributed by atoms with E-state index in [1.54, 1.807) is 6.92 Å². The van der Waals surface area contributed by atoms with Crippen LogP contribution in [-0.4, -0.2) is 70.5 Å². The molecule has 0 bridgehead atoms. The molecule has 0 spiro atoms. The first-order valence-electron chi connectivity index (χ1n) is 17.9. The summed E-state index contributed by atoms with van der Waals surface area (Å²) in [6.07, 6.45) is 11.0. The predicted octanol–water partition coefficient (Wildman–Crippen LogP) is 8.62. The molecule has 0 aromatic carbocycles. The normalized spacial score (nSPS) is 10.4. The first kappa shape index (κ1) is 48.0. The summed E-state index contributed by atoms with van der Waals surface area (Å²) >= 11 is 0. The van der Waals surface area contributed by atoms with Gasteiger partial charge in [0.2, 0.25) is 0 Å². The first-order valence-corrected chi connectivity index (χ1v) is 17.9. The van der Waals surface area contributed by atoms with Gasteiger partial charge in [-0.1, -0.05) is 89.9 Å². The van der Waals surface area contributed by atoms with Gasteiger partial charge in [0.25, 0.3) is 5.91 Å². The van der Waals surface area contributed by atoms with Crippen molar-refractivity contribution >= 4 is 5.91 Å². The van der Waals surface area contributed by atoms with Crippen molar-refractivity contribution in [2.24, 2.45) is 0 Å². The number of hydrogen-bond acceptors (Lipinski definition) is 6. The van der Waals surface area contributed by atoms with Gasteiger partial charge in [-0.3, -0.25) is 4.79 Å². The van der Waals surface area contributed by atoms with Crippen molar-refractivity contribution in [3.05, 3.63) is 0 Å². The number of carbonyl (C=O) groups excluding carboxylic acids is 1. The number of amides is 1. The molecular formula is C47H95NO6. The van der Waals surface area contributed by atoms with Gasteiger partial charge in [0, 0.05) is 75.7 Å². The maximum absolute atomic E-state index is 12.4. The highest BCUT2D eigenvalue weighted by Gasteiger charge is 2.27. The maximum Gasteiger partial charge on any atom is 0.297 e. The van der Waals surface area contributed by atoms with Crippen LogP contribution in [0.15, 0.2) is 0 Å². The van der Waals surface area contributed by atoms with Crippen molar-refractivity contribution < 1.29 is 64.2 Å². The zero-order valence-corrected chi connectivity index (χ0v) is 31.2. The van der Waals surface area contributed by atoms with Crippen molar-refractivity contribution in [2.75, 3.05) is 19.8 Å². The fraction of sp³-hybridized carbons (Fsp3) is 0.468. The lowest BCUT2D eigenvalue weighted by Crippen LogP contribution is -2.51. The molecule has 4 atom stereocenters.